The molecular weight excluding hydrogens is 214 g/mol. The van der Waals surface area contributed by atoms with Crippen LogP contribution in [0.3, 0.4) is 0 Å². The van der Waals surface area contributed by atoms with E-state index in [0.717, 1.165) is 19.4 Å². The molecule has 2 aliphatic rings. The number of nitrogens with one attached hydrogen (secondary N) is 1. The topological polar surface area (TPSA) is 55.4 Å². The summed E-state index contributed by atoms with van der Waals surface area (Å²) >= 11 is 0. The van der Waals surface area contributed by atoms with Crippen LogP contribution in [0.4, 0.5) is 0 Å². The Morgan fingerprint density at radius 1 is 1.47 bits per heavy atom. The molecule has 0 saturated carbocycles. The molecule has 4 nitrogen and oxygen atoms in total. The van der Waals surface area contributed by atoms with Crippen molar-refractivity contribution < 1.29 is 13.2 Å². The molecule has 0 aromatic rings. The Labute approximate surface area is 91.3 Å². The highest BCUT2D eigenvalue weighted by atomic mass is 32.2. The van der Waals surface area contributed by atoms with Gasteiger partial charge in [-0.25, -0.2) is 8.42 Å². The van der Waals surface area contributed by atoms with Crippen LogP contribution in [0.2, 0.25) is 0 Å². The Balaban J connectivity index is 2.10. The minimum absolute atomic E-state index is 0.0983. The predicted octanol–water partition coefficient (Wildman–Crippen LogP) is 0.536. The van der Waals surface area contributed by atoms with Gasteiger partial charge in [0, 0.05) is 12.5 Å². The monoisotopic (exact) mass is 233 g/mol. The van der Waals surface area contributed by atoms with Crippen molar-refractivity contribution in [3.05, 3.63) is 0 Å². The molecule has 0 aromatic heterocycles. The first-order valence-electron chi connectivity index (χ1n) is 5.54. The second-order valence-electron chi connectivity index (χ2n) is 4.87. The predicted molar refractivity (Wildman–Crippen MR) is 58.3 cm³/mol. The molecule has 0 aromatic carbocycles. The zero-order valence-corrected chi connectivity index (χ0v) is 10.1. The molecule has 0 amide bonds. The van der Waals surface area contributed by atoms with E-state index in [0.29, 0.717) is 5.75 Å². The third-order valence-corrected chi connectivity index (χ3v) is 5.25. The standard InChI is InChI=1S/C10H19NO3S/c1-8-6-11-10(2,14-8)9-4-3-5-15(12,13)7-9/h8-9,11H,3-7H2,1-2H3. The number of sulfone groups is 1. The lowest BCUT2D eigenvalue weighted by atomic mass is 9.94. The molecule has 3 atom stereocenters. The first kappa shape index (κ1) is 11.4. The van der Waals surface area contributed by atoms with Crippen molar-refractivity contribution in [2.45, 2.75) is 38.5 Å². The smallest absolute Gasteiger partial charge is 0.150 e. The summed E-state index contributed by atoms with van der Waals surface area (Å²) in [5.41, 5.74) is -0.438. The lowest BCUT2D eigenvalue weighted by molar-refractivity contribution is -0.0687. The summed E-state index contributed by atoms with van der Waals surface area (Å²) in [6, 6.07) is 0. The summed E-state index contributed by atoms with van der Waals surface area (Å²) in [5.74, 6) is 0.708. The van der Waals surface area contributed by atoms with Crippen molar-refractivity contribution in [1.82, 2.24) is 5.32 Å². The molecular formula is C10H19NO3S. The highest BCUT2D eigenvalue weighted by Gasteiger charge is 2.44. The summed E-state index contributed by atoms with van der Waals surface area (Å²) in [6.07, 6.45) is 1.89. The molecule has 2 aliphatic heterocycles. The van der Waals surface area contributed by atoms with Crippen LogP contribution < -0.4 is 5.32 Å². The zero-order chi connectivity index (χ0) is 11.1. The minimum Gasteiger partial charge on any atom is -0.356 e. The maximum Gasteiger partial charge on any atom is 0.150 e. The fourth-order valence-corrected chi connectivity index (χ4v) is 4.42. The Morgan fingerprint density at radius 3 is 2.73 bits per heavy atom. The van der Waals surface area contributed by atoms with Gasteiger partial charge in [-0.15, -0.1) is 0 Å². The van der Waals surface area contributed by atoms with Gasteiger partial charge in [0.05, 0.1) is 17.6 Å². The van der Waals surface area contributed by atoms with Gasteiger partial charge in [-0.05, 0) is 26.7 Å². The van der Waals surface area contributed by atoms with Crippen LogP contribution in [0.25, 0.3) is 0 Å². The van der Waals surface area contributed by atoms with Crippen LogP contribution in [0.5, 0.6) is 0 Å². The normalized spacial score (nSPS) is 45.5. The summed E-state index contributed by atoms with van der Waals surface area (Å²) in [5, 5.41) is 3.30. The van der Waals surface area contributed by atoms with E-state index in [1.165, 1.54) is 0 Å². The average Bonchev–Trinajstić information content (AvgIpc) is 2.46. The molecule has 0 aliphatic carbocycles. The van der Waals surface area contributed by atoms with Crippen LogP contribution >= 0.6 is 0 Å². The van der Waals surface area contributed by atoms with Gasteiger partial charge in [-0.2, -0.15) is 0 Å². The van der Waals surface area contributed by atoms with Crippen molar-refractivity contribution in [1.29, 1.82) is 0 Å². The molecule has 0 spiro atoms. The highest BCUT2D eigenvalue weighted by Crippen LogP contribution is 2.32. The Bertz CT molecular complexity index is 341. The molecule has 2 saturated heterocycles. The largest absolute Gasteiger partial charge is 0.356 e. The SMILES string of the molecule is CC1CNC(C)(C2CCCS(=O)(=O)C2)O1. The van der Waals surface area contributed by atoms with Crippen LogP contribution in [0, 0.1) is 5.92 Å². The third kappa shape index (κ3) is 2.34. The lowest BCUT2D eigenvalue weighted by Crippen LogP contribution is -2.49. The van der Waals surface area contributed by atoms with E-state index in [2.05, 4.69) is 5.32 Å². The molecule has 5 heteroatoms. The third-order valence-electron chi connectivity index (χ3n) is 3.43. The molecule has 15 heavy (non-hydrogen) atoms. The van der Waals surface area contributed by atoms with Gasteiger partial charge in [0.1, 0.15) is 5.72 Å². The van der Waals surface area contributed by atoms with Gasteiger partial charge in [-0.1, -0.05) is 0 Å². The number of hydrogen-bond donors (Lipinski definition) is 1. The van der Waals surface area contributed by atoms with Gasteiger partial charge in [-0.3, -0.25) is 5.32 Å². The van der Waals surface area contributed by atoms with Gasteiger partial charge < -0.3 is 4.74 Å². The van der Waals surface area contributed by atoms with Crippen LogP contribution in [0.15, 0.2) is 0 Å². The first-order chi connectivity index (χ1) is 6.91. The number of rotatable bonds is 1. The minimum atomic E-state index is -2.84. The summed E-state index contributed by atoms with van der Waals surface area (Å²) < 4.78 is 28.9. The Kier molecular flexibility index (Phi) is 2.81. The quantitative estimate of drug-likeness (QED) is 0.718. The molecule has 3 unspecified atom stereocenters. The fourth-order valence-electron chi connectivity index (χ4n) is 2.55. The van der Waals surface area contributed by atoms with E-state index in [9.17, 15) is 8.42 Å². The van der Waals surface area contributed by atoms with Crippen LogP contribution in [0.1, 0.15) is 26.7 Å². The van der Waals surface area contributed by atoms with E-state index >= 15 is 0 Å². The van der Waals surface area contributed by atoms with Gasteiger partial charge in [0.2, 0.25) is 0 Å². The Morgan fingerprint density at radius 2 is 2.20 bits per heavy atom. The number of hydrogen-bond acceptors (Lipinski definition) is 4. The van der Waals surface area contributed by atoms with E-state index < -0.39 is 15.6 Å². The molecule has 2 rings (SSSR count). The molecule has 1 N–H and O–H groups in total. The van der Waals surface area contributed by atoms with Crippen molar-refractivity contribution in [2.24, 2.45) is 5.92 Å². The second-order valence-corrected chi connectivity index (χ2v) is 7.10. The van der Waals surface area contributed by atoms with Crippen molar-refractivity contribution in [3.63, 3.8) is 0 Å². The highest BCUT2D eigenvalue weighted by molar-refractivity contribution is 7.91. The van der Waals surface area contributed by atoms with Crippen LogP contribution in [-0.4, -0.2) is 38.3 Å². The zero-order valence-electron chi connectivity index (χ0n) is 9.32. The van der Waals surface area contributed by atoms with E-state index in [4.69, 9.17) is 4.74 Å². The number of ether oxygens (including phenoxy) is 1. The lowest BCUT2D eigenvalue weighted by Gasteiger charge is -2.36. The molecule has 88 valence electrons. The van der Waals surface area contributed by atoms with Crippen molar-refractivity contribution >= 4 is 9.84 Å². The molecule has 2 heterocycles. The van der Waals surface area contributed by atoms with Crippen LogP contribution in [-0.2, 0) is 14.6 Å². The fraction of sp³-hybridized carbons (Fsp3) is 1.00. The molecule has 0 radical (unpaired) electrons. The average molecular weight is 233 g/mol. The van der Waals surface area contributed by atoms with Gasteiger partial charge in [0.25, 0.3) is 0 Å². The first-order valence-corrected chi connectivity index (χ1v) is 7.37. The van der Waals surface area contributed by atoms with E-state index in [1.54, 1.807) is 0 Å². The van der Waals surface area contributed by atoms with Crippen molar-refractivity contribution in [3.8, 4) is 0 Å². The maximum atomic E-state index is 11.6. The summed E-state index contributed by atoms with van der Waals surface area (Å²) in [6.45, 7) is 4.80. The van der Waals surface area contributed by atoms with Gasteiger partial charge >= 0.3 is 0 Å². The second kappa shape index (κ2) is 3.71. The van der Waals surface area contributed by atoms with E-state index in [-0.39, 0.29) is 17.8 Å². The Hall–Kier alpha value is -0.130. The molecule has 0 bridgehead atoms. The summed E-state index contributed by atoms with van der Waals surface area (Å²) in [4.78, 5) is 0. The maximum absolute atomic E-state index is 11.6. The van der Waals surface area contributed by atoms with Gasteiger partial charge in [0.15, 0.2) is 9.84 Å². The summed E-state index contributed by atoms with van der Waals surface area (Å²) in [7, 11) is -2.84. The van der Waals surface area contributed by atoms with E-state index in [1.807, 2.05) is 13.8 Å². The molecule has 2 fully saturated rings. The van der Waals surface area contributed by atoms with Crippen molar-refractivity contribution in [2.75, 3.05) is 18.1 Å².